The van der Waals surface area contributed by atoms with Crippen molar-refractivity contribution in [2.75, 3.05) is 7.11 Å². The molecule has 5 nitrogen and oxygen atoms in total. The van der Waals surface area contributed by atoms with Crippen LogP contribution in [0, 0.1) is 19.7 Å². The quantitative estimate of drug-likeness (QED) is 0.138. The maximum atomic E-state index is 14.8. The number of aromatic nitrogens is 1. The fourth-order valence-corrected chi connectivity index (χ4v) is 4.41. The summed E-state index contributed by atoms with van der Waals surface area (Å²) in [6.07, 6.45) is 2.17. The fraction of sp³-hybridized carbons (Fsp3) is 0.167. The van der Waals surface area contributed by atoms with Crippen molar-refractivity contribution in [3.05, 3.63) is 124 Å². The van der Waals surface area contributed by atoms with Gasteiger partial charge in [0.15, 0.2) is 0 Å². The van der Waals surface area contributed by atoms with Crippen molar-refractivity contribution < 1.29 is 19.1 Å². The van der Waals surface area contributed by atoms with Crippen LogP contribution in [0.1, 0.15) is 50.6 Å². The minimum absolute atomic E-state index is 0.0915. The van der Waals surface area contributed by atoms with Gasteiger partial charge in [0.25, 0.3) is 0 Å². The first kappa shape index (κ1) is 24.8. The standard InChI is InChI=1S/C30H27FN2O3/c1-19-6-4-5-7-25(19)27(18-29(33-35)23-14-15-32-20(2)16-23)22-10-8-21(9-11-22)26-13-12-24(17-28(26)31)30(34)36-3/h4-17,27,35H,18H2,1-3H3/b33-29-. The van der Waals surface area contributed by atoms with Crippen LogP contribution >= 0.6 is 0 Å². The van der Waals surface area contributed by atoms with Crippen LogP contribution in [0.25, 0.3) is 11.1 Å². The predicted molar refractivity (Wildman–Crippen MR) is 138 cm³/mol. The van der Waals surface area contributed by atoms with E-state index in [0.29, 0.717) is 23.3 Å². The lowest BCUT2D eigenvalue weighted by Crippen LogP contribution is -2.12. The van der Waals surface area contributed by atoms with Gasteiger partial charge in [0.05, 0.1) is 18.4 Å². The number of pyridine rings is 1. The van der Waals surface area contributed by atoms with Crippen LogP contribution < -0.4 is 0 Å². The minimum atomic E-state index is -0.581. The van der Waals surface area contributed by atoms with Crippen molar-refractivity contribution in [3.8, 4) is 11.1 Å². The van der Waals surface area contributed by atoms with E-state index in [4.69, 9.17) is 0 Å². The molecule has 0 aliphatic carbocycles. The molecule has 4 aromatic rings. The van der Waals surface area contributed by atoms with Crippen molar-refractivity contribution in [2.24, 2.45) is 5.16 Å². The minimum Gasteiger partial charge on any atom is -0.465 e. The molecular formula is C30H27FN2O3. The molecule has 1 aromatic heterocycles. The number of hydrogen-bond acceptors (Lipinski definition) is 5. The Hall–Kier alpha value is -4.32. The summed E-state index contributed by atoms with van der Waals surface area (Å²) in [5.74, 6) is -1.17. The lowest BCUT2D eigenvalue weighted by atomic mass is 9.83. The van der Waals surface area contributed by atoms with Crippen molar-refractivity contribution in [3.63, 3.8) is 0 Å². The first-order valence-electron chi connectivity index (χ1n) is 11.6. The number of rotatable bonds is 7. The van der Waals surface area contributed by atoms with Gasteiger partial charge in [-0.05, 0) is 60.4 Å². The largest absolute Gasteiger partial charge is 0.465 e. The molecule has 0 saturated heterocycles. The molecule has 36 heavy (non-hydrogen) atoms. The average Bonchev–Trinajstić information content (AvgIpc) is 2.90. The van der Waals surface area contributed by atoms with E-state index in [1.54, 1.807) is 18.3 Å². The van der Waals surface area contributed by atoms with Crippen LogP contribution in [0.3, 0.4) is 0 Å². The summed E-state index contributed by atoms with van der Waals surface area (Å²) in [5.41, 5.74) is 6.71. The topological polar surface area (TPSA) is 71.8 Å². The van der Waals surface area contributed by atoms with Crippen LogP contribution in [-0.2, 0) is 4.74 Å². The number of halogens is 1. The van der Waals surface area contributed by atoms with Crippen LogP contribution in [0.4, 0.5) is 4.39 Å². The number of benzene rings is 3. The summed E-state index contributed by atoms with van der Waals surface area (Å²) in [4.78, 5) is 15.9. The maximum Gasteiger partial charge on any atom is 0.337 e. The van der Waals surface area contributed by atoms with E-state index in [1.807, 2.05) is 55.5 Å². The van der Waals surface area contributed by atoms with Crippen molar-refractivity contribution in [2.45, 2.75) is 26.2 Å². The zero-order chi connectivity index (χ0) is 25.7. The molecule has 0 bridgehead atoms. The van der Waals surface area contributed by atoms with Crippen LogP contribution in [0.2, 0.25) is 0 Å². The molecule has 0 fully saturated rings. The van der Waals surface area contributed by atoms with Crippen LogP contribution in [0.15, 0.2) is 90.2 Å². The molecule has 1 unspecified atom stereocenters. The molecule has 4 rings (SSSR count). The first-order valence-corrected chi connectivity index (χ1v) is 11.6. The highest BCUT2D eigenvalue weighted by Gasteiger charge is 2.21. The summed E-state index contributed by atoms with van der Waals surface area (Å²) in [6.45, 7) is 3.95. The van der Waals surface area contributed by atoms with E-state index in [9.17, 15) is 14.4 Å². The van der Waals surface area contributed by atoms with Crippen molar-refractivity contribution >= 4 is 11.7 Å². The van der Waals surface area contributed by atoms with Gasteiger partial charge < -0.3 is 9.94 Å². The normalized spacial score (nSPS) is 12.3. The monoisotopic (exact) mass is 482 g/mol. The summed E-state index contributed by atoms with van der Waals surface area (Å²) in [5, 5.41) is 13.5. The second-order valence-corrected chi connectivity index (χ2v) is 8.65. The number of ether oxygens (including phenoxy) is 1. The van der Waals surface area contributed by atoms with Gasteiger partial charge in [0, 0.05) is 35.4 Å². The Labute approximate surface area is 209 Å². The van der Waals surface area contributed by atoms with E-state index in [0.717, 1.165) is 27.9 Å². The number of carbonyl (C=O) groups is 1. The van der Waals surface area contributed by atoms with Crippen LogP contribution in [-0.4, -0.2) is 29.0 Å². The average molecular weight is 483 g/mol. The molecule has 0 amide bonds. The second kappa shape index (κ2) is 11.0. The zero-order valence-corrected chi connectivity index (χ0v) is 20.4. The van der Waals surface area contributed by atoms with Gasteiger partial charge >= 0.3 is 5.97 Å². The van der Waals surface area contributed by atoms with E-state index in [-0.39, 0.29) is 11.5 Å². The van der Waals surface area contributed by atoms with Gasteiger partial charge in [0.2, 0.25) is 0 Å². The molecule has 0 aliphatic heterocycles. The Morgan fingerprint density at radius 1 is 1.00 bits per heavy atom. The van der Waals surface area contributed by atoms with E-state index >= 15 is 0 Å². The Morgan fingerprint density at radius 2 is 1.75 bits per heavy atom. The Balaban J connectivity index is 1.70. The zero-order valence-electron chi connectivity index (χ0n) is 20.4. The molecule has 182 valence electrons. The third-order valence-corrected chi connectivity index (χ3v) is 6.33. The van der Waals surface area contributed by atoms with Gasteiger partial charge in [-0.15, -0.1) is 0 Å². The highest BCUT2D eigenvalue weighted by molar-refractivity contribution is 6.01. The molecule has 1 atom stereocenters. The third-order valence-electron chi connectivity index (χ3n) is 6.33. The number of methoxy groups -OCH3 is 1. The highest BCUT2D eigenvalue weighted by Crippen LogP contribution is 2.34. The van der Waals surface area contributed by atoms with Crippen molar-refractivity contribution in [1.29, 1.82) is 0 Å². The third kappa shape index (κ3) is 5.33. The number of esters is 1. The van der Waals surface area contributed by atoms with Gasteiger partial charge in [-0.3, -0.25) is 4.98 Å². The second-order valence-electron chi connectivity index (χ2n) is 8.65. The molecule has 0 radical (unpaired) electrons. The lowest BCUT2D eigenvalue weighted by Gasteiger charge is -2.21. The maximum absolute atomic E-state index is 14.8. The molecule has 1 heterocycles. The summed E-state index contributed by atoms with van der Waals surface area (Å²) >= 11 is 0. The van der Waals surface area contributed by atoms with Gasteiger partial charge in [-0.1, -0.05) is 59.8 Å². The first-order chi connectivity index (χ1) is 17.4. The molecule has 0 aliphatic rings. The fourth-order valence-electron chi connectivity index (χ4n) is 4.41. The van der Waals surface area contributed by atoms with Crippen molar-refractivity contribution in [1.82, 2.24) is 4.98 Å². The molecule has 6 heteroatoms. The highest BCUT2D eigenvalue weighted by atomic mass is 19.1. The predicted octanol–water partition coefficient (Wildman–Crippen LogP) is 6.69. The number of hydrogen-bond donors (Lipinski definition) is 1. The number of nitrogens with zero attached hydrogens (tertiary/aromatic N) is 2. The molecule has 3 aromatic carbocycles. The van der Waals surface area contributed by atoms with Gasteiger partial charge in [0.1, 0.15) is 5.82 Å². The molecule has 1 N–H and O–H groups in total. The van der Waals surface area contributed by atoms with Crippen LogP contribution in [0.5, 0.6) is 0 Å². The van der Waals surface area contributed by atoms with E-state index in [2.05, 4.69) is 33.9 Å². The summed E-state index contributed by atoms with van der Waals surface area (Å²) < 4.78 is 19.5. The smallest absolute Gasteiger partial charge is 0.337 e. The number of oxime groups is 1. The Kier molecular flexibility index (Phi) is 7.54. The lowest BCUT2D eigenvalue weighted by molar-refractivity contribution is 0.0600. The number of carbonyl (C=O) groups excluding carboxylic acids is 1. The van der Waals surface area contributed by atoms with Gasteiger partial charge in [-0.25, -0.2) is 9.18 Å². The Bertz CT molecular complexity index is 1410. The summed E-state index contributed by atoms with van der Waals surface area (Å²) in [6, 6.07) is 23.8. The van der Waals surface area contributed by atoms with Gasteiger partial charge in [-0.2, -0.15) is 0 Å². The van der Waals surface area contributed by atoms with E-state index in [1.165, 1.54) is 13.2 Å². The SMILES string of the molecule is COC(=O)c1ccc(-c2ccc(C(C/C(=N/O)c3ccnc(C)c3)c3ccccc3C)cc2)c(F)c1. The molecular weight excluding hydrogens is 455 g/mol. The summed E-state index contributed by atoms with van der Waals surface area (Å²) in [7, 11) is 1.26. The Morgan fingerprint density at radius 3 is 2.39 bits per heavy atom. The molecule has 0 saturated carbocycles. The molecule has 0 spiro atoms. The van der Waals surface area contributed by atoms with E-state index < -0.39 is 11.8 Å². The number of aryl methyl sites for hydroxylation is 2.